The quantitative estimate of drug-likeness (QED) is 0.781. The number of hydrogen-bond donors (Lipinski definition) is 1. The van der Waals surface area contributed by atoms with Crippen LogP contribution in [0.1, 0.15) is 24.5 Å². The van der Waals surface area contributed by atoms with Gasteiger partial charge in [-0.1, -0.05) is 18.2 Å². The topological polar surface area (TPSA) is 32.3 Å². The van der Waals surface area contributed by atoms with Gasteiger partial charge in [0.25, 0.3) is 5.91 Å². The summed E-state index contributed by atoms with van der Waals surface area (Å²) < 4.78 is 0. The number of nitrogens with one attached hydrogen (secondary N) is 1. The van der Waals surface area contributed by atoms with Gasteiger partial charge < -0.3 is 10.2 Å². The van der Waals surface area contributed by atoms with Crippen LogP contribution in [0.25, 0.3) is 0 Å². The maximum atomic E-state index is 12.7. The maximum absolute atomic E-state index is 12.7. The van der Waals surface area contributed by atoms with Crippen molar-refractivity contribution in [3.05, 3.63) is 40.5 Å². The number of para-hydroxylation sites is 1. The van der Waals surface area contributed by atoms with Crippen molar-refractivity contribution in [3.8, 4) is 0 Å². The number of carbonyl (C=O) groups is 1. The van der Waals surface area contributed by atoms with Gasteiger partial charge in [0.2, 0.25) is 0 Å². The molecule has 3 nitrogen and oxygen atoms in total. The van der Waals surface area contributed by atoms with Crippen LogP contribution in [-0.2, 0) is 11.2 Å². The lowest BCUT2D eigenvalue weighted by atomic mass is 9.96. The fourth-order valence-corrected chi connectivity index (χ4v) is 2.92. The van der Waals surface area contributed by atoms with E-state index < -0.39 is 0 Å². The number of fused-ring (bicyclic) bond motifs is 1. The molecule has 2 aliphatic rings. The van der Waals surface area contributed by atoms with Crippen LogP contribution < -0.4 is 10.2 Å². The van der Waals surface area contributed by atoms with Crippen LogP contribution in [0.5, 0.6) is 0 Å². The summed E-state index contributed by atoms with van der Waals surface area (Å²) in [5.74, 6) is 0.187. The van der Waals surface area contributed by atoms with E-state index in [4.69, 9.17) is 0 Å². The van der Waals surface area contributed by atoms with Crippen LogP contribution in [0.2, 0.25) is 0 Å². The highest BCUT2D eigenvalue weighted by Gasteiger charge is 2.27. The van der Waals surface area contributed by atoms with Gasteiger partial charge in [0, 0.05) is 25.2 Å². The lowest BCUT2D eigenvalue weighted by molar-refractivity contribution is -0.115. The minimum absolute atomic E-state index is 0.187. The van der Waals surface area contributed by atoms with Gasteiger partial charge in [-0.05, 0) is 43.4 Å². The molecule has 3 rings (SSSR count). The zero-order valence-electron chi connectivity index (χ0n) is 11.6. The summed E-state index contributed by atoms with van der Waals surface area (Å²) in [6.07, 6.45) is 2.14. The first-order valence-electron chi connectivity index (χ1n) is 6.98. The zero-order chi connectivity index (χ0) is 13.4. The SMILES string of the molecule is CC(C(=O)N1CCCc2cccc(C)c21)=C1CNC1. The van der Waals surface area contributed by atoms with Crippen molar-refractivity contribution >= 4 is 11.6 Å². The van der Waals surface area contributed by atoms with Crippen molar-refractivity contribution < 1.29 is 4.79 Å². The number of anilines is 1. The lowest BCUT2D eigenvalue weighted by Gasteiger charge is -2.33. The first-order valence-corrected chi connectivity index (χ1v) is 6.98. The standard InChI is InChI=1S/C16H20N2O/c1-11-5-3-6-13-7-4-8-18(15(11)13)16(19)12(2)14-9-17-10-14/h3,5-6,17H,4,7-10H2,1-2H3. The van der Waals surface area contributed by atoms with Crippen molar-refractivity contribution in [2.45, 2.75) is 26.7 Å². The van der Waals surface area contributed by atoms with Crippen LogP contribution in [0.4, 0.5) is 5.69 Å². The van der Waals surface area contributed by atoms with Crippen LogP contribution in [0.15, 0.2) is 29.3 Å². The Morgan fingerprint density at radius 2 is 2.11 bits per heavy atom. The fraction of sp³-hybridized carbons (Fsp3) is 0.438. The molecule has 0 saturated carbocycles. The second-order valence-corrected chi connectivity index (χ2v) is 5.48. The predicted octanol–water partition coefficient (Wildman–Crippen LogP) is 2.19. The molecule has 1 saturated heterocycles. The number of hydrogen-bond acceptors (Lipinski definition) is 2. The molecule has 100 valence electrons. The van der Waals surface area contributed by atoms with Crippen LogP contribution >= 0.6 is 0 Å². The largest absolute Gasteiger partial charge is 0.309 e. The molecule has 2 aliphatic heterocycles. The molecule has 0 atom stereocenters. The van der Waals surface area contributed by atoms with Gasteiger partial charge in [-0.2, -0.15) is 0 Å². The third-order valence-electron chi connectivity index (χ3n) is 4.19. The Kier molecular flexibility index (Phi) is 3.15. The van der Waals surface area contributed by atoms with Crippen molar-refractivity contribution in [1.82, 2.24) is 5.32 Å². The Hall–Kier alpha value is -1.61. The Morgan fingerprint density at radius 1 is 1.32 bits per heavy atom. The number of aryl methyl sites for hydroxylation is 2. The van der Waals surface area contributed by atoms with Gasteiger partial charge in [-0.25, -0.2) is 0 Å². The molecular formula is C16H20N2O. The van der Waals surface area contributed by atoms with E-state index in [9.17, 15) is 4.79 Å². The van der Waals surface area contributed by atoms with E-state index in [1.54, 1.807) is 0 Å². The molecule has 3 heteroatoms. The van der Waals surface area contributed by atoms with Gasteiger partial charge in [-0.3, -0.25) is 4.79 Å². The molecule has 1 amide bonds. The molecule has 0 unspecified atom stereocenters. The van der Waals surface area contributed by atoms with E-state index in [1.807, 2.05) is 11.8 Å². The number of amides is 1. The lowest BCUT2D eigenvalue weighted by Crippen LogP contribution is -2.41. The highest BCUT2D eigenvalue weighted by atomic mass is 16.2. The summed E-state index contributed by atoms with van der Waals surface area (Å²) in [5, 5.41) is 3.20. The van der Waals surface area contributed by atoms with Crippen molar-refractivity contribution in [2.24, 2.45) is 0 Å². The zero-order valence-corrected chi connectivity index (χ0v) is 11.6. The van der Waals surface area contributed by atoms with Gasteiger partial charge in [0.1, 0.15) is 0 Å². The van der Waals surface area contributed by atoms with Crippen LogP contribution in [0.3, 0.4) is 0 Å². The van der Waals surface area contributed by atoms with Gasteiger partial charge in [0.15, 0.2) is 0 Å². The normalized spacial score (nSPS) is 17.8. The maximum Gasteiger partial charge on any atom is 0.253 e. The smallest absolute Gasteiger partial charge is 0.253 e. The predicted molar refractivity (Wildman–Crippen MR) is 77.4 cm³/mol. The van der Waals surface area contributed by atoms with Gasteiger partial charge in [-0.15, -0.1) is 0 Å². The second kappa shape index (κ2) is 4.82. The summed E-state index contributed by atoms with van der Waals surface area (Å²) >= 11 is 0. The van der Waals surface area contributed by atoms with Crippen LogP contribution in [-0.4, -0.2) is 25.5 Å². The Bertz CT molecular complexity index is 554. The minimum Gasteiger partial charge on any atom is -0.309 e. The molecule has 0 bridgehead atoms. The molecule has 0 aromatic heterocycles. The molecule has 19 heavy (non-hydrogen) atoms. The molecule has 0 spiro atoms. The highest BCUT2D eigenvalue weighted by Crippen LogP contribution is 2.31. The molecule has 1 fully saturated rings. The Balaban J connectivity index is 1.98. The van der Waals surface area contributed by atoms with Gasteiger partial charge >= 0.3 is 0 Å². The summed E-state index contributed by atoms with van der Waals surface area (Å²) in [6.45, 7) is 6.63. The summed E-state index contributed by atoms with van der Waals surface area (Å²) in [7, 11) is 0. The van der Waals surface area contributed by atoms with E-state index in [0.29, 0.717) is 0 Å². The number of benzene rings is 1. The Morgan fingerprint density at radius 3 is 2.79 bits per heavy atom. The molecule has 1 aromatic rings. The average Bonchev–Trinajstić information content (AvgIpc) is 2.35. The minimum atomic E-state index is 0.187. The monoisotopic (exact) mass is 256 g/mol. The van der Waals surface area contributed by atoms with E-state index >= 15 is 0 Å². The van der Waals surface area contributed by atoms with Gasteiger partial charge in [0.05, 0.1) is 5.69 Å². The van der Waals surface area contributed by atoms with E-state index in [0.717, 1.165) is 43.7 Å². The molecular weight excluding hydrogens is 236 g/mol. The number of carbonyl (C=O) groups excluding carboxylic acids is 1. The number of rotatable bonds is 1. The first-order chi connectivity index (χ1) is 9.18. The highest BCUT2D eigenvalue weighted by molar-refractivity contribution is 6.07. The fourth-order valence-electron chi connectivity index (χ4n) is 2.92. The Labute approximate surface area is 114 Å². The number of nitrogens with zero attached hydrogens (tertiary/aromatic N) is 1. The van der Waals surface area contributed by atoms with E-state index in [2.05, 4.69) is 30.4 Å². The average molecular weight is 256 g/mol. The van der Waals surface area contributed by atoms with Crippen molar-refractivity contribution in [2.75, 3.05) is 24.5 Å². The molecule has 0 aliphatic carbocycles. The summed E-state index contributed by atoms with van der Waals surface area (Å²) in [4.78, 5) is 14.7. The summed E-state index contributed by atoms with van der Waals surface area (Å²) in [6, 6.07) is 6.33. The van der Waals surface area contributed by atoms with Crippen LogP contribution in [0, 0.1) is 6.92 Å². The molecule has 1 N–H and O–H groups in total. The second-order valence-electron chi connectivity index (χ2n) is 5.48. The third-order valence-corrected chi connectivity index (χ3v) is 4.19. The van der Waals surface area contributed by atoms with Crippen molar-refractivity contribution in [3.63, 3.8) is 0 Å². The summed E-state index contributed by atoms with van der Waals surface area (Å²) in [5.41, 5.74) is 5.84. The first kappa shape index (κ1) is 12.4. The molecule has 2 heterocycles. The molecule has 1 aromatic carbocycles. The van der Waals surface area contributed by atoms with E-state index in [-0.39, 0.29) is 5.91 Å². The molecule has 0 radical (unpaired) electrons. The van der Waals surface area contributed by atoms with E-state index in [1.165, 1.54) is 16.7 Å². The third kappa shape index (κ3) is 2.08. The van der Waals surface area contributed by atoms with Crippen molar-refractivity contribution in [1.29, 1.82) is 0 Å².